The first-order chi connectivity index (χ1) is 8.94. The van der Waals surface area contributed by atoms with Gasteiger partial charge in [-0.1, -0.05) is 31.5 Å². The number of nitrogens with one attached hydrogen (secondary N) is 1. The highest BCUT2D eigenvalue weighted by Gasteiger charge is 2.10. The Kier molecular flexibility index (Phi) is 5.62. The van der Waals surface area contributed by atoms with Gasteiger partial charge in [-0.25, -0.2) is 13.2 Å². The van der Waals surface area contributed by atoms with Gasteiger partial charge in [0.05, 0.1) is 6.26 Å². The highest BCUT2D eigenvalue weighted by molar-refractivity contribution is 7.88. The van der Waals surface area contributed by atoms with Gasteiger partial charge in [-0.05, 0) is 18.6 Å². The number of guanidine groups is 1. The van der Waals surface area contributed by atoms with Crippen LogP contribution in [0.3, 0.4) is 0 Å². The van der Waals surface area contributed by atoms with Crippen LogP contribution in [-0.4, -0.2) is 27.2 Å². The number of nitrogens with zero attached hydrogens (tertiary/aromatic N) is 2. The van der Waals surface area contributed by atoms with Crippen molar-refractivity contribution in [2.45, 2.75) is 19.8 Å². The largest absolute Gasteiger partial charge is 0.368 e. The number of hydrogen-bond acceptors (Lipinski definition) is 3. The Morgan fingerprint density at radius 1 is 1.37 bits per heavy atom. The first-order valence-corrected chi connectivity index (χ1v) is 7.95. The lowest BCUT2D eigenvalue weighted by Crippen LogP contribution is -2.40. The smallest absolute Gasteiger partial charge is 0.244 e. The summed E-state index contributed by atoms with van der Waals surface area (Å²) in [6.07, 6.45) is 2.97. The third-order valence-electron chi connectivity index (χ3n) is 2.41. The maximum absolute atomic E-state index is 11.0. The molecule has 0 spiro atoms. The van der Waals surface area contributed by atoms with Gasteiger partial charge in [0.2, 0.25) is 16.0 Å². The van der Waals surface area contributed by atoms with E-state index in [1.54, 1.807) is 4.90 Å². The zero-order valence-electron chi connectivity index (χ0n) is 11.2. The summed E-state index contributed by atoms with van der Waals surface area (Å²) in [6.45, 7) is 2.76. The zero-order valence-corrected chi connectivity index (χ0v) is 12.0. The minimum atomic E-state index is -3.40. The number of hydrogen-bond donors (Lipinski definition) is 2. The van der Waals surface area contributed by atoms with E-state index >= 15 is 0 Å². The van der Waals surface area contributed by atoms with Crippen LogP contribution >= 0.6 is 0 Å². The van der Waals surface area contributed by atoms with E-state index in [0.717, 1.165) is 24.8 Å². The molecule has 0 aliphatic heterocycles. The van der Waals surface area contributed by atoms with Crippen molar-refractivity contribution in [3.05, 3.63) is 30.3 Å². The van der Waals surface area contributed by atoms with Gasteiger partial charge in [-0.2, -0.15) is 0 Å². The van der Waals surface area contributed by atoms with Crippen LogP contribution in [0.15, 0.2) is 35.4 Å². The van der Waals surface area contributed by atoms with Crippen LogP contribution in [0.4, 0.5) is 5.69 Å². The monoisotopic (exact) mass is 284 g/mol. The molecule has 0 saturated heterocycles. The number of sulfonamides is 1. The summed E-state index contributed by atoms with van der Waals surface area (Å²) in [6, 6.07) is 9.50. The zero-order chi connectivity index (χ0) is 14.3. The molecule has 0 atom stereocenters. The first-order valence-electron chi connectivity index (χ1n) is 6.06. The molecule has 0 aliphatic carbocycles. The highest BCUT2D eigenvalue weighted by Crippen LogP contribution is 2.13. The average Bonchev–Trinajstić information content (AvgIpc) is 2.37. The number of rotatable bonds is 6. The summed E-state index contributed by atoms with van der Waals surface area (Å²) < 4.78 is 22.0. The van der Waals surface area contributed by atoms with Crippen molar-refractivity contribution in [3.63, 3.8) is 0 Å². The van der Waals surface area contributed by atoms with Gasteiger partial charge in [0.15, 0.2) is 0 Å². The Hall–Kier alpha value is -1.76. The lowest BCUT2D eigenvalue weighted by Gasteiger charge is -2.23. The highest BCUT2D eigenvalue weighted by atomic mass is 32.2. The van der Waals surface area contributed by atoms with Gasteiger partial charge in [0, 0.05) is 12.2 Å². The van der Waals surface area contributed by atoms with E-state index in [2.05, 4.69) is 12.0 Å². The van der Waals surface area contributed by atoms with E-state index in [1.165, 1.54) is 0 Å². The number of nitrogens with two attached hydrogens (primary N) is 1. The number of benzene rings is 1. The summed E-state index contributed by atoms with van der Waals surface area (Å²) in [7, 11) is -3.40. The fourth-order valence-electron chi connectivity index (χ4n) is 1.49. The van der Waals surface area contributed by atoms with Crippen molar-refractivity contribution in [2.75, 3.05) is 17.7 Å². The van der Waals surface area contributed by atoms with Crippen LogP contribution in [0.25, 0.3) is 0 Å². The fourth-order valence-corrected chi connectivity index (χ4v) is 1.75. The van der Waals surface area contributed by atoms with E-state index < -0.39 is 10.0 Å². The van der Waals surface area contributed by atoms with Gasteiger partial charge in [0.25, 0.3) is 0 Å². The molecular formula is C12H20N4O2S. The van der Waals surface area contributed by atoms with E-state index in [1.807, 2.05) is 35.2 Å². The standard InChI is InChI=1S/C12H20N4O2S/c1-3-4-10-16(11-8-6-5-7-9-11)12(13)14-15-19(2,17)18/h5-9,15H,3-4,10H2,1-2H3,(H2,13,14). The van der Waals surface area contributed by atoms with Crippen molar-refractivity contribution < 1.29 is 8.42 Å². The summed E-state index contributed by atoms with van der Waals surface area (Å²) in [5.74, 6) is 0.130. The second-order valence-corrected chi connectivity index (χ2v) is 5.90. The lowest BCUT2D eigenvalue weighted by molar-refractivity contribution is 0.590. The van der Waals surface area contributed by atoms with Crippen molar-refractivity contribution in [1.29, 1.82) is 0 Å². The Balaban J connectivity index is 2.91. The number of para-hydroxylation sites is 1. The molecule has 106 valence electrons. The maximum Gasteiger partial charge on any atom is 0.244 e. The van der Waals surface area contributed by atoms with Crippen molar-refractivity contribution >= 4 is 21.7 Å². The maximum atomic E-state index is 11.0. The summed E-state index contributed by atoms with van der Waals surface area (Å²) >= 11 is 0. The topological polar surface area (TPSA) is 87.8 Å². The Labute approximate surface area is 114 Å². The van der Waals surface area contributed by atoms with Crippen LogP contribution in [0.1, 0.15) is 19.8 Å². The van der Waals surface area contributed by atoms with E-state index in [0.29, 0.717) is 6.54 Å². The van der Waals surface area contributed by atoms with Crippen molar-refractivity contribution in [2.24, 2.45) is 10.8 Å². The molecule has 6 nitrogen and oxygen atoms in total. The average molecular weight is 284 g/mol. The second-order valence-electron chi connectivity index (χ2n) is 4.17. The van der Waals surface area contributed by atoms with Gasteiger partial charge in [-0.3, -0.25) is 0 Å². The minimum absolute atomic E-state index is 0.130. The Morgan fingerprint density at radius 2 is 2.00 bits per heavy atom. The summed E-state index contributed by atoms with van der Waals surface area (Å²) in [4.78, 5) is 3.82. The van der Waals surface area contributed by atoms with Crippen LogP contribution < -0.4 is 15.5 Å². The number of unbranched alkanes of at least 4 members (excludes halogenated alkanes) is 1. The number of hydrazone groups is 1. The molecule has 0 bridgehead atoms. The molecule has 3 N–H and O–H groups in total. The quantitative estimate of drug-likeness (QED) is 0.465. The van der Waals surface area contributed by atoms with Crippen LogP contribution in [0.5, 0.6) is 0 Å². The molecule has 0 aromatic heterocycles. The van der Waals surface area contributed by atoms with Gasteiger partial charge < -0.3 is 10.6 Å². The molecule has 0 heterocycles. The summed E-state index contributed by atoms with van der Waals surface area (Å²) in [5.41, 5.74) is 6.73. The molecule has 0 radical (unpaired) electrons. The van der Waals surface area contributed by atoms with E-state index in [4.69, 9.17) is 5.73 Å². The van der Waals surface area contributed by atoms with Crippen LogP contribution in [0.2, 0.25) is 0 Å². The molecule has 0 aliphatic rings. The van der Waals surface area contributed by atoms with Crippen LogP contribution in [-0.2, 0) is 10.0 Å². The van der Waals surface area contributed by atoms with E-state index in [-0.39, 0.29) is 5.96 Å². The van der Waals surface area contributed by atoms with Gasteiger partial charge in [0.1, 0.15) is 0 Å². The fraction of sp³-hybridized carbons (Fsp3) is 0.417. The molecule has 19 heavy (non-hydrogen) atoms. The van der Waals surface area contributed by atoms with Gasteiger partial charge in [-0.15, -0.1) is 5.10 Å². The predicted octanol–water partition coefficient (Wildman–Crippen LogP) is 1.07. The van der Waals surface area contributed by atoms with Crippen molar-refractivity contribution in [1.82, 2.24) is 4.83 Å². The number of anilines is 1. The Bertz CT molecular complexity index is 514. The lowest BCUT2D eigenvalue weighted by atomic mass is 10.2. The third-order valence-corrected chi connectivity index (χ3v) is 2.83. The van der Waals surface area contributed by atoms with Crippen LogP contribution in [0, 0.1) is 0 Å². The predicted molar refractivity (Wildman–Crippen MR) is 78.3 cm³/mol. The molecule has 0 unspecified atom stereocenters. The molecule has 1 aromatic carbocycles. The molecule has 0 fully saturated rings. The third kappa shape index (κ3) is 5.60. The van der Waals surface area contributed by atoms with Gasteiger partial charge >= 0.3 is 0 Å². The second kappa shape index (κ2) is 6.98. The normalized spacial score (nSPS) is 12.2. The molecule has 1 aromatic rings. The van der Waals surface area contributed by atoms with Crippen molar-refractivity contribution in [3.8, 4) is 0 Å². The SMILES string of the molecule is CCCCN(C(N)=NNS(C)(=O)=O)c1ccccc1. The minimum Gasteiger partial charge on any atom is -0.368 e. The summed E-state index contributed by atoms with van der Waals surface area (Å²) in [5, 5.41) is 3.71. The molecule has 0 saturated carbocycles. The first kappa shape index (κ1) is 15.3. The molecule has 0 amide bonds. The molecule has 7 heteroatoms. The molecular weight excluding hydrogens is 264 g/mol. The molecule has 1 rings (SSSR count). The Morgan fingerprint density at radius 3 is 2.53 bits per heavy atom. The van der Waals surface area contributed by atoms with E-state index in [9.17, 15) is 8.42 Å².